The number of thioether (sulfide) groups is 1. The Morgan fingerprint density at radius 1 is 1.26 bits per heavy atom. The van der Waals surface area contributed by atoms with Crippen molar-refractivity contribution in [3.8, 4) is 11.5 Å². The molecule has 3 aromatic rings. The van der Waals surface area contributed by atoms with Crippen LogP contribution in [0.25, 0.3) is 0 Å². The number of unbranched alkanes of at least 4 members (excludes halogenated alkanes) is 1. The summed E-state index contributed by atoms with van der Waals surface area (Å²) < 4.78 is 14.4. The van der Waals surface area contributed by atoms with E-state index >= 15 is 0 Å². The number of methoxy groups -OCH3 is 1. The van der Waals surface area contributed by atoms with E-state index < -0.39 is 11.9 Å². The van der Waals surface area contributed by atoms with Crippen LogP contribution < -0.4 is 20.5 Å². The van der Waals surface area contributed by atoms with E-state index in [-0.39, 0.29) is 0 Å². The molecule has 0 bridgehead atoms. The standard InChI is InChI=1S/C25H28BrN5O3S/c1-4-5-11-35-25-29-24-28-15(2)21(23(27)32)22(31(24)30-25)17-9-10-19(20(13-17)33-3)34-14-16-7-6-8-18(26)12-16/h6-10,12-13,22H,4-5,11,14H2,1-3H3,(H2,27,32)(H,28,29,30). The Balaban J connectivity index is 1.66. The highest BCUT2D eigenvalue weighted by Gasteiger charge is 2.33. The normalized spacial score (nSPS) is 14.9. The monoisotopic (exact) mass is 557 g/mol. The number of hydrogen-bond donors (Lipinski definition) is 2. The van der Waals surface area contributed by atoms with Crippen LogP contribution in [0.3, 0.4) is 0 Å². The number of carbonyl (C=O) groups is 1. The largest absolute Gasteiger partial charge is 0.493 e. The number of primary amides is 1. The Labute approximate surface area is 217 Å². The average Bonchev–Trinajstić information content (AvgIpc) is 3.24. The number of rotatable bonds is 10. The number of nitrogens with one attached hydrogen (secondary N) is 1. The van der Waals surface area contributed by atoms with E-state index in [2.05, 4.69) is 33.2 Å². The molecule has 35 heavy (non-hydrogen) atoms. The first-order valence-electron chi connectivity index (χ1n) is 11.3. The highest BCUT2D eigenvalue weighted by molar-refractivity contribution is 9.10. The summed E-state index contributed by atoms with van der Waals surface area (Å²) in [5.74, 6) is 2.14. The molecule has 2 heterocycles. The van der Waals surface area contributed by atoms with Gasteiger partial charge in [-0.25, -0.2) is 4.68 Å². The number of carbonyl (C=O) groups excluding carboxylic acids is 1. The Morgan fingerprint density at radius 3 is 2.80 bits per heavy atom. The van der Waals surface area contributed by atoms with E-state index in [1.54, 1.807) is 23.6 Å². The SMILES string of the molecule is CCCCSc1nc2n(n1)C(c1ccc(OCc3cccc(Br)c3)c(OC)c1)C(C(N)=O)=C(C)N2. The lowest BCUT2D eigenvalue weighted by Crippen LogP contribution is -2.31. The van der Waals surface area contributed by atoms with Gasteiger partial charge in [-0.15, -0.1) is 5.10 Å². The molecular formula is C25H28BrN5O3S. The number of hydrogen-bond acceptors (Lipinski definition) is 7. The van der Waals surface area contributed by atoms with Gasteiger partial charge in [0.2, 0.25) is 17.0 Å². The second-order valence-electron chi connectivity index (χ2n) is 8.12. The highest BCUT2D eigenvalue weighted by Crippen LogP contribution is 2.39. The third kappa shape index (κ3) is 5.65. The van der Waals surface area contributed by atoms with Crippen LogP contribution >= 0.6 is 27.7 Å². The lowest BCUT2D eigenvalue weighted by atomic mass is 9.95. The number of anilines is 1. The number of halogens is 1. The van der Waals surface area contributed by atoms with Crippen molar-refractivity contribution in [2.75, 3.05) is 18.2 Å². The smallest absolute Gasteiger partial charge is 0.248 e. The molecule has 0 aliphatic carbocycles. The van der Waals surface area contributed by atoms with E-state index in [4.69, 9.17) is 20.3 Å². The van der Waals surface area contributed by atoms with Crippen LogP contribution in [-0.4, -0.2) is 33.5 Å². The van der Waals surface area contributed by atoms with Crippen molar-refractivity contribution in [2.45, 2.75) is 44.5 Å². The number of fused-ring (bicyclic) bond motifs is 1. The summed E-state index contributed by atoms with van der Waals surface area (Å²) in [5, 5.41) is 8.53. The first-order chi connectivity index (χ1) is 16.9. The van der Waals surface area contributed by atoms with Crippen LogP contribution in [0.4, 0.5) is 5.95 Å². The third-order valence-corrected chi connectivity index (χ3v) is 7.03. The van der Waals surface area contributed by atoms with Gasteiger partial charge in [-0.05, 0) is 48.7 Å². The van der Waals surface area contributed by atoms with Gasteiger partial charge in [0, 0.05) is 15.9 Å². The molecule has 2 aromatic carbocycles. The van der Waals surface area contributed by atoms with Crippen LogP contribution in [0.1, 0.15) is 43.9 Å². The second kappa shape index (κ2) is 11.2. The molecule has 1 unspecified atom stereocenters. The Morgan fingerprint density at radius 2 is 2.09 bits per heavy atom. The van der Waals surface area contributed by atoms with E-state index in [0.717, 1.165) is 34.2 Å². The molecule has 0 saturated carbocycles. The van der Waals surface area contributed by atoms with E-state index in [1.807, 2.05) is 49.4 Å². The maximum Gasteiger partial charge on any atom is 0.248 e. The molecule has 0 fully saturated rings. The third-order valence-electron chi connectivity index (χ3n) is 5.61. The number of nitrogens with zero attached hydrogens (tertiary/aromatic N) is 3. The predicted octanol–water partition coefficient (Wildman–Crippen LogP) is 5.29. The zero-order valence-electron chi connectivity index (χ0n) is 19.9. The van der Waals surface area contributed by atoms with Gasteiger partial charge in [-0.1, -0.05) is 59.2 Å². The molecule has 184 valence electrons. The first-order valence-corrected chi connectivity index (χ1v) is 13.1. The molecule has 3 N–H and O–H groups in total. The zero-order chi connectivity index (χ0) is 24.9. The van der Waals surface area contributed by atoms with Crippen LogP contribution in [0, 0.1) is 0 Å². The van der Waals surface area contributed by atoms with E-state index in [1.165, 1.54) is 0 Å². The van der Waals surface area contributed by atoms with Crippen LogP contribution in [0.2, 0.25) is 0 Å². The highest BCUT2D eigenvalue weighted by atomic mass is 79.9. The summed E-state index contributed by atoms with van der Waals surface area (Å²) in [7, 11) is 1.59. The molecule has 4 rings (SSSR count). The van der Waals surface area contributed by atoms with E-state index in [0.29, 0.717) is 40.5 Å². The van der Waals surface area contributed by atoms with Crippen molar-refractivity contribution in [2.24, 2.45) is 5.73 Å². The van der Waals surface area contributed by atoms with Crippen molar-refractivity contribution in [1.29, 1.82) is 0 Å². The summed E-state index contributed by atoms with van der Waals surface area (Å²) in [6, 6.07) is 13.0. The molecule has 1 aromatic heterocycles. The maximum absolute atomic E-state index is 12.5. The molecule has 0 spiro atoms. The molecule has 1 amide bonds. The quantitative estimate of drug-likeness (QED) is 0.257. The molecule has 1 aliphatic rings. The van der Waals surface area contributed by atoms with Gasteiger partial charge in [0.25, 0.3) is 0 Å². The van der Waals surface area contributed by atoms with Crippen LogP contribution in [-0.2, 0) is 11.4 Å². The molecule has 1 aliphatic heterocycles. The van der Waals surface area contributed by atoms with Crippen molar-refractivity contribution < 1.29 is 14.3 Å². The van der Waals surface area contributed by atoms with Gasteiger partial charge in [0.15, 0.2) is 11.5 Å². The van der Waals surface area contributed by atoms with Gasteiger partial charge in [-0.3, -0.25) is 4.79 Å². The summed E-state index contributed by atoms with van der Waals surface area (Å²) in [6.07, 6.45) is 2.18. The zero-order valence-corrected chi connectivity index (χ0v) is 22.3. The fraction of sp³-hybridized carbons (Fsp3) is 0.320. The maximum atomic E-state index is 12.5. The number of amides is 1. The average molecular weight is 559 g/mol. The van der Waals surface area contributed by atoms with Crippen LogP contribution in [0.5, 0.6) is 11.5 Å². The Hall–Kier alpha value is -2.98. The van der Waals surface area contributed by atoms with Gasteiger partial charge < -0.3 is 20.5 Å². The fourth-order valence-electron chi connectivity index (χ4n) is 3.89. The Bertz CT molecular complexity index is 1260. The molecule has 1 atom stereocenters. The second-order valence-corrected chi connectivity index (χ2v) is 10.1. The number of allylic oxidation sites excluding steroid dienone is 1. The number of aromatic nitrogens is 3. The molecule has 0 saturated heterocycles. The molecular weight excluding hydrogens is 530 g/mol. The van der Waals surface area contributed by atoms with Crippen molar-refractivity contribution >= 4 is 39.5 Å². The topological polar surface area (TPSA) is 104 Å². The van der Waals surface area contributed by atoms with Gasteiger partial charge in [0.1, 0.15) is 12.6 Å². The molecule has 10 heteroatoms. The van der Waals surface area contributed by atoms with E-state index in [9.17, 15) is 4.79 Å². The molecule has 0 radical (unpaired) electrons. The molecule has 8 nitrogen and oxygen atoms in total. The van der Waals surface area contributed by atoms with Gasteiger partial charge >= 0.3 is 0 Å². The summed E-state index contributed by atoms with van der Waals surface area (Å²) in [4.78, 5) is 17.1. The lowest BCUT2D eigenvalue weighted by Gasteiger charge is -2.28. The summed E-state index contributed by atoms with van der Waals surface area (Å²) >= 11 is 5.08. The van der Waals surface area contributed by atoms with Gasteiger partial charge in [-0.2, -0.15) is 4.98 Å². The van der Waals surface area contributed by atoms with Crippen LogP contribution in [0.15, 0.2) is 63.4 Å². The minimum Gasteiger partial charge on any atom is -0.493 e. The summed E-state index contributed by atoms with van der Waals surface area (Å²) in [6.45, 7) is 4.36. The number of nitrogens with two attached hydrogens (primary N) is 1. The lowest BCUT2D eigenvalue weighted by molar-refractivity contribution is -0.115. The van der Waals surface area contributed by atoms with Crippen molar-refractivity contribution in [3.05, 3.63) is 69.3 Å². The number of ether oxygens (including phenoxy) is 2. The predicted molar refractivity (Wildman–Crippen MR) is 141 cm³/mol. The minimum absolute atomic E-state index is 0.389. The van der Waals surface area contributed by atoms with Gasteiger partial charge in [0.05, 0.1) is 12.7 Å². The number of benzene rings is 2. The summed E-state index contributed by atoms with van der Waals surface area (Å²) in [5.41, 5.74) is 8.71. The van der Waals surface area contributed by atoms with Crippen molar-refractivity contribution in [3.63, 3.8) is 0 Å². The van der Waals surface area contributed by atoms with Crippen molar-refractivity contribution in [1.82, 2.24) is 14.8 Å². The Kier molecular flexibility index (Phi) is 8.02. The minimum atomic E-state index is -0.537. The fourth-order valence-corrected chi connectivity index (χ4v) is 5.25. The first kappa shape index (κ1) is 25.1.